The molecule has 180 valence electrons. The van der Waals surface area contributed by atoms with E-state index in [4.69, 9.17) is 9.72 Å². The Morgan fingerprint density at radius 1 is 1.17 bits per heavy atom. The lowest BCUT2D eigenvalue weighted by Gasteiger charge is -2.45. The highest BCUT2D eigenvalue weighted by molar-refractivity contribution is 6.10. The van der Waals surface area contributed by atoms with Gasteiger partial charge in [-0.3, -0.25) is 14.8 Å². The first-order valence-electron chi connectivity index (χ1n) is 11.9. The first kappa shape index (κ1) is 22.0. The zero-order valence-corrected chi connectivity index (χ0v) is 19.7. The fourth-order valence-corrected chi connectivity index (χ4v) is 4.97. The monoisotopic (exact) mass is 480 g/mol. The highest BCUT2D eigenvalue weighted by Gasteiger charge is 2.41. The number of fused-ring (bicyclic) bond motifs is 2. The molecule has 2 aromatic heterocycles. The number of carbonyl (C=O) groups is 1. The second-order valence-corrected chi connectivity index (χ2v) is 8.96. The van der Waals surface area contributed by atoms with Crippen LogP contribution in [0.4, 0.5) is 28.8 Å². The molecule has 1 fully saturated rings. The van der Waals surface area contributed by atoms with Gasteiger partial charge in [0.1, 0.15) is 11.7 Å². The van der Waals surface area contributed by atoms with Crippen molar-refractivity contribution in [2.45, 2.75) is 31.8 Å². The fourth-order valence-electron chi connectivity index (χ4n) is 4.97. The van der Waals surface area contributed by atoms with Crippen LogP contribution in [0, 0.1) is 11.3 Å². The second-order valence-electron chi connectivity index (χ2n) is 8.96. The van der Waals surface area contributed by atoms with Crippen molar-refractivity contribution in [2.75, 3.05) is 28.3 Å². The number of anilines is 5. The number of amides is 1. The van der Waals surface area contributed by atoms with E-state index < -0.39 is 6.04 Å². The lowest BCUT2D eigenvalue weighted by molar-refractivity contribution is -0.119. The summed E-state index contributed by atoms with van der Waals surface area (Å²) >= 11 is 0. The van der Waals surface area contributed by atoms with Crippen LogP contribution in [-0.2, 0) is 9.53 Å². The van der Waals surface area contributed by atoms with Gasteiger partial charge in [-0.2, -0.15) is 15.3 Å². The van der Waals surface area contributed by atoms with Gasteiger partial charge in [-0.05, 0) is 56.2 Å². The SMILES string of the molecule is C[C@@H]1C(=O)N(c2cccc(C#N)c2)c2cnc(Nc3ccc4[nH]ncc4c3)nc2N1C1CCOCC1. The third-order valence-corrected chi connectivity index (χ3v) is 6.74. The first-order chi connectivity index (χ1) is 17.6. The summed E-state index contributed by atoms with van der Waals surface area (Å²) in [4.78, 5) is 26.9. The molecule has 2 aliphatic heterocycles. The van der Waals surface area contributed by atoms with Gasteiger partial charge in [0.25, 0.3) is 5.91 Å². The Labute approximate surface area is 207 Å². The maximum absolute atomic E-state index is 13.7. The summed E-state index contributed by atoms with van der Waals surface area (Å²) in [6.07, 6.45) is 5.06. The van der Waals surface area contributed by atoms with E-state index in [0.29, 0.717) is 41.9 Å². The molecule has 4 heterocycles. The van der Waals surface area contributed by atoms with E-state index in [-0.39, 0.29) is 11.9 Å². The van der Waals surface area contributed by atoms with Crippen molar-refractivity contribution >= 4 is 45.6 Å². The molecule has 4 aromatic rings. The van der Waals surface area contributed by atoms with E-state index in [1.54, 1.807) is 35.5 Å². The number of nitrogens with one attached hydrogen (secondary N) is 2. The Morgan fingerprint density at radius 3 is 2.86 bits per heavy atom. The molecular formula is C26H24N8O2. The largest absolute Gasteiger partial charge is 0.381 e. The Kier molecular flexibility index (Phi) is 5.47. The summed E-state index contributed by atoms with van der Waals surface area (Å²) in [6, 6.07) is 14.7. The molecule has 2 aromatic carbocycles. The van der Waals surface area contributed by atoms with Gasteiger partial charge in [0.05, 0.1) is 35.2 Å². The lowest BCUT2D eigenvalue weighted by atomic mass is 10.0. The number of hydrogen-bond acceptors (Lipinski definition) is 8. The summed E-state index contributed by atoms with van der Waals surface area (Å²) in [5.41, 5.74) is 3.47. The van der Waals surface area contributed by atoms with Crippen LogP contribution in [0.5, 0.6) is 0 Å². The number of hydrogen-bond donors (Lipinski definition) is 2. The Morgan fingerprint density at radius 2 is 2.03 bits per heavy atom. The van der Waals surface area contributed by atoms with Crippen LogP contribution in [0.25, 0.3) is 10.9 Å². The summed E-state index contributed by atoms with van der Waals surface area (Å²) in [5, 5.41) is 20.7. The predicted octanol–water partition coefficient (Wildman–Crippen LogP) is 4.02. The van der Waals surface area contributed by atoms with Crippen molar-refractivity contribution in [2.24, 2.45) is 0 Å². The number of nitrogens with zero attached hydrogens (tertiary/aromatic N) is 6. The van der Waals surface area contributed by atoms with Gasteiger partial charge in [-0.1, -0.05) is 6.07 Å². The summed E-state index contributed by atoms with van der Waals surface area (Å²) in [7, 11) is 0. The number of carbonyl (C=O) groups excluding carboxylic acids is 1. The van der Waals surface area contributed by atoms with Crippen LogP contribution in [0.1, 0.15) is 25.3 Å². The normalized spacial score (nSPS) is 18.2. The highest BCUT2D eigenvalue weighted by Crippen LogP contribution is 2.42. The molecule has 36 heavy (non-hydrogen) atoms. The number of benzene rings is 2. The number of aromatic nitrogens is 4. The van der Waals surface area contributed by atoms with Crippen molar-refractivity contribution in [1.29, 1.82) is 5.26 Å². The number of rotatable bonds is 4. The standard InChI is InChI=1S/C26H24N8O2/c1-16-25(35)34(21-4-2-3-17(11-21)13-27)23-15-28-26(30-19-5-6-22-18(12-19)14-29-32-22)31-24(23)33(16)20-7-9-36-10-8-20/h2-6,11-12,14-16,20H,7-10H2,1H3,(H,29,32)(H,28,30,31)/t16-/m1/s1. The van der Waals surface area contributed by atoms with Crippen molar-refractivity contribution in [1.82, 2.24) is 20.2 Å². The van der Waals surface area contributed by atoms with Crippen molar-refractivity contribution in [3.8, 4) is 6.07 Å². The van der Waals surface area contributed by atoms with Crippen molar-refractivity contribution < 1.29 is 9.53 Å². The number of H-pyrrole nitrogens is 1. The average molecular weight is 481 g/mol. The topological polar surface area (TPSA) is 123 Å². The summed E-state index contributed by atoms with van der Waals surface area (Å²) in [6.45, 7) is 3.20. The first-order valence-corrected chi connectivity index (χ1v) is 11.9. The van der Waals surface area contributed by atoms with E-state index in [2.05, 4.69) is 31.5 Å². The van der Waals surface area contributed by atoms with Crippen LogP contribution in [0.15, 0.2) is 54.9 Å². The molecule has 6 rings (SSSR count). The third-order valence-electron chi connectivity index (χ3n) is 6.74. The van der Waals surface area contributed by atoms with E-state index >= 15 is 0 Å². The number of aromatic amines is 1. The van der Waals surface area contributed by atoms with Crippen molar-refractivity contribution in [3.63, 3.8) is 0 Å². The molecule has 0 unspecified atom stereocenters. The Hall–Kier alpha value is -4.49. The third kappa shape index (κ3) is 3.79. The van der Waals surface area contributed by atoms with Gasteiger partial charge >= 0.3 is 0 Å². The zero-order valence-electron chi connectivity index (χ0n) is 19.7. The van der Waals surface area contributed by atoms with Crippen LogP contribution in [0.2, 0.25) is 0 Å². The van der Waals surface area contributed by atoms with E-state index in [9.17, 15) is 10.1 Å². The van der Waals surface area contributed by atoms with Crippen molar-refractivity contribution in [3.05, 3.63) is 60.4 Å². The van der Waals surface area contributed by atoms with E-state index in [1.165, 1.54) is 0 Å². The van der Waals surface area contributed by atoms with Gasteiger partial charge < -0.3 is 15.0 Å². The van der Waals surface area contributed by atoms with E-state index in [1.807, 2.05) is 31.2 Å². The Bertz CT molecular complexity index is 1490. The maximum Gasteiger partial charge on any atom is 0.254 e. The molecule has 1 atom stereocenters. The van der Waals surface area contributed by atoms with Crippen LogP contribution >= 0.6 is 0 Å². The van der Waals surface area contributed by atoms with Crippen LogP contribution < -0.4 is 15.1 Å². The number of nitriles is 1. The molecule has 10 heteroatoms. The predicted molar refractivity (Wildman–Crippen MR) is 135 cm³/mol. The smallest absolute Gasteiger partial charge is 0.254 e. The quantitative estimate of drug-likeness (QED) is 0.449. The molecule has 0 aliphatic carbocycles. The second kappa shape index (κ2) is 8.94. The van der Waals surface area contributed by atoms with Gasteiger partial charge in [-0.15, -0.1) is 0 Å². The summed E-state index contributed by atoms with van der Waals surface area (Å²) in [5.74, 6) is 1.03. The molecule has 0 bridgehead atoms. The van der Waals surface area contributed by atoms with Gasteiger partial charge in [0.15, 0.2) is 5.82 Å². The fraction of sp³-hybridized carbons (Fsp3) is 0.269. The minimum absolute atomic E-state index is 0.0844. The van der Waals surface area contributed by atoms with Gasteiger partial charge in [0.2, 0.25) is 5.95 Å². The maximum atomic E-state index is 13.7. The minimum atomic E-state index is -0.448. The van der Waals surface area contributed by atoms with Crippen LogP contribution in [-0.4, -0.2) is 51.4 Å². The average Bonchev–Trinajstić information content (AvgIpc) is 3.38. The molecule has 10 nitrogen and oxygen atoms in total. The Balaban J connectivity index is 1.44. The molecule has 1 amide bonds. The summed E-state index contributed by atoms with van der Waals surface area (Å²) < 4.78 is 5.58. The molecule has 0 radical (unpaired) electrons. The molecule has 2 aliphatic rings. The molecule has 0 spiro atoms. The molecule has 0 saturated carbocycles. The molecular weight excluding hydrogens is 456 g/mol. The molecule has 1 saturated heterocycles. The lowest BCUT2D eigenvalue weighted by Crippen LogP contribution is -2.56. The zero-order chi connectivity index (χ0) is 24.6. The molecule has 2 N–H and O–H groups in total. The van der Waals surface area contributed by atoms with Gasteiger partial charge in [0, 0.05) is 30.3 Å². The van der Waals surface area contributed by atoms with Gasteiger partial charge in [-0.25, -0.2) is 4.98 Å². The minimum Gasteiger partial charge on any atom is -0.381 e. The van der Waals surface area contributed by atoms with E-state index in [0.717, 1.165) is 29.4 Å². The number of ether oxygens (including phenoxy) is 1. The van der Waals surface area contributed by atoms with Crippen LogP contribution in [0.3, 0.4) is 0 Å². The highest BCUT2D eigenvalue weighted by atomic mass is 16.5.